The summed E-state index contributed by atoms with van der Waals surface area (Å²) in [6, 6.07) is 0.951. The lowest BCUT2D eigenvalue weighted by Gasteiger charge is -2.07. The van der Waals surface area contributed by atoms with Crippen LogP contribution in [0, 0.1) is 0 Å². The molecular formula is C8H18N+. The molecule has 1 fully saturated rings. The van der Waals surface area contributed by atoms with Gasteiger partial charge in [0.05, 0.1) is 13.1 Å². The largest absolute Gasteiger partial charge is 0.346 e. The second kappa shape index (κ2) is 3.89. The molecule has 0 unspecified atom stereocenters. The molecule has 0 heterocycles. The maximum Gasteiger partial charge on any atom is 0.0857 e. The third kappa shape index (κ3) is 2.35. The second-order valence-corrected chi connectivity index (χ2v) is 3.08. The molecule has 1 nitrogen and oxygen atoms in total. The minimum absolute atomic E-state index is 0.951. The molecule has 0 bridgehead atoms. The summed E-state index contributed by atoms with van der Waals surface area (Å²) < 4.78 is 0. The monoisotopic (exact) mass is 128 g/mol. The molecule has 1 aliphatic carbocycles. The molecule has 1 rings (SSSR count). The van der Waals surface area contributed by atoms with Crippen molar-refractivity contribution in [1.29, 1.82) is 0 Å². The first-order valence-corrected chi connectivity index (χ1v) is 4.23. The Labute approximate surface area is 57.8 Å². The van der Waals surface area contributed by atoms with E-state index in [-0.39, 0.29) is 0 Å². The van der Waals surface area contributed by atoms with E-state index in [9.17, 15) is 0 Å². The molecule has 0 aliphatic heterocycles. The lowest BCUT2D eigenvalue weighted by molar-refractivity contribution is -0.664. The van der Waals surface area contributed by atoms with Crippen LogP contribution in [-0.4, -0.2) is 13.1 Å². The highest BCUT2D eigenvalue weighted by atomic mass is 14.9. The highest BCUT2D eigenvalue weighted by Gasteiger charge is 2.11. The minimum atomic E-state index is 0.951. The summed E-state index contributed by atoms with van der Waals surface area (Å²) in [5.41, 5.74) is 0. The van der Waals surface area contributed by atoms with Crippen molar-refractivity contribution in [2.75, 3.05) is 7.05 Å². The van der Waals surface area contributed by atoms with Gasteiger partial charge in [-0.05, 0) is 25.7 Å². The van der Waals surface area contributed by atoms with Gasteiger partial charge in [-0.1, -0.05) is 12.8 Å². The molecule has 0 saturated heterocycles. The average molecular weight is 128 g/mol. The molecule has 0 aromatic carbocycles. The summed E-state index contributed by atoms with van der Waals surface area (Å²) in [6.07, 6.45) is 8.80. The van der Waals surface area contributed by atoms with Gasteiger partial charge < -0.3 is 5.32 Å². The first-order valence-electron chi connectivity index (χ1n) is 4.23. The van der Waals surface area contributed by atoms with Crippen LogP contribution in [0.2, 0.25) is 0 Å². The fraction of sp³-hybridized carbons (Fsp3) is 1.00. The summed E-state index contributed by atoms with van der Waals surface area (Å²) in [7, 11) is 2.20. The lowest BCUT2D eigenvalue weighted by Crippen LogP contribution is -2.86. The average Bonchev–Trinajstić information content (AvgIpc) is 2.13. The van der Waals surface area contributed by atoms with E-state index in [0.29, 0.717) is 0 Å². The molecule has 1 aliphatic rings. The van der Waals surface area contributed by atoms with Crippen molar-refractivity contribution in [3.63, 3.8) is 0 Å². The fourth-order valence-corrected chi connectivity index (χ4v) is 1.64. The Hall–Kier alpha value is -0.0400. The van der Waals surface area contributed by atoms with E-state index >= 15 is 0 Å². The Morgan fingerprint density at radius 2 is 1.56 bits per heavy atom. The van der Waals surface area contributed by atoms with Crippen LogP contribution in [0.15, 0.2) is 0 Å². The number of rotatable bonds is 1. The van der Waals surface area contributed by atoms with Gasteiger partial charge >= 0.3 is 0 Å². The van der Waals surface area contributed by atoms with Crippen molar-refractivity contribution in [2.24, 2.45) is 0 Å². The number of hydrogen-bond acceptors (Lipinski definition) is 0. The Morgan fingerprint density at radius 3 is 2.00 bits per heavy atom. The molecule has 0 radical (unpaired) electrons. The van der Waals surface area contributed by atoms with Gasteiger partial charge in [-0.25, -0.2) is 0 Å². The van der Waals surface area contributed by atoms with Gasteiger partial charge in [0, 0.05) is 0 Å². The van der Waals surface area contributed by atoms with Crippen LogP contribution >= 0.6 is 0 Å². The molecule has 2 N–H and O–H groups in total. The van der Waals surface area contributed by atoms with Gasteiger partial charge in [0.1, 0.15) is 0 Å². The van der Waals surface area contributed by atoms with E-state index in [0.717, 1.165) is 6.04 Å². The third-order valence-electron chi connectivity index (χ3n) is 2.37. The third-order valence-corrected chi connectivity index (χ3v) is 2.37. The Bertz CT molecular complexity index is 63.0. The molecule has 0 aromatic rings. The molecule has 1 heteroatoms. The molecule has 9 heavy (non-hydrogen) atoms. The lowest BCUT2D eigenvalue weighted by atomic mass is 10.1. The number of hydrogen-bond donors (Lipinski definition) is 1. The molecule has 0 spiro atoms. The van der Waals surface area contributed by atoms with Crippen LogP contribution in [0.5, 0.6) is 0 Å². The van der Waals surface area contributed by atoms with E-state index in [1.807, 2.05) is 0 Å². The van der Waals surface area contributed by atoms with Crippen LogP contribution in [0.4, 0.5) is 0 Å². The predicted molar refractivity (Wildman–Crippen MR) is 39.3 cm³/mol. The van der Waals surface area contributed by atoms with E-state index < -0.39 is 0 Å². The zero-order chi connectivity index (χ0) is 6.53. The molecule has 0 atom stereocenters. The molecule has 0 aromatic heterocycles. The Balaban J connectivity index is 2.18. The summed E-state index contributed by atoms with van der Waals surface area (Å²) in [4.78, 5) is 0. The van der Waals surface area contributed by atoms with Crippen molar-refractivity contribution >= 4 is 0 Å². The van der Waals surface area contributed by atoms with Crippen LogP contribution < -0.4 is 5.32 Å². The fourth-order valence-electron chi connectivity index (χ4n) is 1.64. The van der Waals surface area contributed by atoms with Gasteiger partial charge in [-0.2, -0.15) is 0 Å². The van der Waals surface area contributed by atoms with Gasteiger partial charge in [0.25, 0.3) is 0 Å². The quantitative estimate of drug-likeness (QED) is 0.505. The molecule has 0 amide bonds. The van der Waals surface area contributed by atoms with Crippen molar-refractivity contribution in [3.05, 3.63) is 0 Å². The summed E-state index contributed by atoms with van der Waals surface area (Å²) in [5, 5.41) is 2.38. The molecule has 1 saturated carbocycles. The van der Waals surface area contributed by atoms with Crippen LogP contribution in [0.25, 0.3) is 0 Å². The van der Waals surface area contributed by atoms with Crippen LogP contribution in [-0.2, 0) is 0 Å². The normalized spacial score (nSPS) is 23.7. The summed E-state index contributed by atoms with van der Waals surface area (Å²) in [6.45, 7) is 0. The molecular weight excluding hydrogens is 110 g/mol. The number of quaternary nitrogens is 1. The SMILES string of the molecule is C[NH2+]C1CCCCCC1. The second-order valence-electron chi connectivity index (χ2n) is 3.08. The zero-order valence-corrected chi connectivity index (χ0v) is 6.40. The van der Waals surface area contributed by atoms with Gasteiger partial charge in [-0.15, -0.1) is 0 Å². The maximum absolute atomic E-state index is 2.38. The van der Waals surface area contributed by atoms with Crippen molar-refractivity contribution in [2.45, 2.75) is 44.6 Å². The van der Waals surface area contributed by atoms with Gasteiger partial charge in [0.2, 0.25) is 0 Å². The summed E-state index contributed by atoms with van der Waals surface area (Å²) >= 11 is 0. The van der Waals surface area contributed by atoms with Gasteiger partial charge in [-0.3, -0.25) is 0 Å². The zero-order valence-electron chi connectivity index (χ0n) is 6.40. The predicted octanol–water partition coefficient (Wildman–Crippen LogP) is 0.902. The molecule has 54 valence electrons. The smallest absolute Gasteiger partial charge is 0.0857 e. The topological polar surface area (TPSA) is 16.6 Å². The number of nitrogens with two attached hydrogens (primary N) is 1. The maximum atomic E-state index is 2.38. The van der Waals surface area contributed by atoms with Gasteiger partial charge in [0.15, 0.2) is 0 Å². The van der Waals surface area contributed by atoms with Crippen molar-refractivity contribution < 1.29 is 5.32 Å². The van der Waals surface area contributed by atoms with E-state index in [1.165, 1.54) is 38.5 Å². The van der Waals surface area contributed by atoms with Crippen molar-refractivity contribution in [1.82, 2.24) is 0 Å². The Morgan fingerprint density at radius 1 is 1.00 bits per heavy atom. The van der Waals surface area contributed by atoms with E-state index in [4.69, 9.17) is 0 Å². The van der Waals surface area contributed by atoms with E-state index in [2.05, 4.69) is 12.4 Å². The van der Waals surface area contributed by atoms with Crippen LogP contribution in [0.3, 0.4) is 0 Å². The summed E-state index contributed by atoms with van der Waals surface area (Å²) in [5.74, 6) is 0. The van der Waals surface area contributed by atoms with Crippen LogP contribution in [0.1, 0.15) is 38.5 Å². The first kappa shape index (κ1) is 7.07. The standard InChI is InChI=1S/C8H17N/c1-9-8-6-4-2-3-5-7-8/h8-9H,2-7H2,1H3/p+1. The highest BCUT2D eigenvalue weighted by molar-refractivity contribution is 4.60. The van der Waals surface area contributed by atoms with E-state index in [1.54, 1.807) is 0 Å². The first-order chi connectivity index (χ1) is 4.43. The minimum Gasteiger partial charge on any atom is -0.346 e. The highest BCUT2D eigenvalue weighted by Crippen LogP contribution is 2.14. The Kier molecular flexibility index (Phi) is 3.05. The van der Waals surface area contributed by atoms with Crippen molar-refractivity contribution in [3.8, 4) is 0 Å².